The van der Waals surface area contributed by atoms with Gasteiger partial charge in [-0.2, -0.15) is 0 Å². The average Bonchev–Trinajstić information content (AvgIpc) is 2.66. The fourth-order valence-electron chi connectivity index (χ4n) is 4.00. The highest BCUT2D eigenvalue weighted by Gasteiger charge is 2.35. The fraction of sp³-hybridized carbons (Fsp3) is 0.571. The van der Waals surface area contributed by atoms with E-state index in [1.807, 2.05) is 18.2 Å². The third-order valence-corrected chi connectivity index (χ3v) is 6.33. The fourth-order valence-corrected chi connectivity index (χ4v) is 4.21. The topological polar surface area (TPSA) is 57.4 Å². The minimum Gasteiger partial charge on any atom is -0.492 e. The van der Waals surface area contributed by atoms with Gasteiger partial charge in [-0.15, -0.1) is 0 Å². The van der Waals surface area contributed by atoms with Crippen LogP contribution in [0, 0.1) is 11.3 Å². The van der Waals surface area contributed by atoms with Crippen LogP contribution in [-0.4, -0.2) is 24.7 Å². The maximum Gasteiger partial charge on any atom is 0.221 e. The Labute approximate surface area is 161 Å². The molecule has 0 radical (unpaired) electrons. The molecule has 0 saturated heterocycles. The number of nitrogens with zero attached hydrogens (tertiary/aromatic N) is 1. The second kappa shape index (κ2) is 8.01. The minimum absolute atomic E-state index is 0.273. The van der Waals surface area contributed by atoms with Gasteiger partial charge in [0.2, 0.25) is 5.88 Å². The molecule has 4 nitrogen and oxygen atoms in total. The van der Waals surface area contributed by atoms with Gasteiger partial charge in [-0.05, 0) is 67.0 Å². The van der Waals surface area contributed by atoms with Gasteiger partial charge >= 0.3 is 0 Å². The Kier molecular flexibility index (Phi) is 5.93. The molecule has 1 heterocycles. The molecule has 1 aliphatic rings. The van der Waals surface area contributed by atoms with Crippen LogP contribution >= 0.6 is 11.6 Å². The van der Waals surface area contributed by atoms with Crippen LogP contribution in [0.2, 0.25) is 5.02 Å². The molecule has 0 bridgehead atoms. The zero-order valence-corrected chi connectivity index (χ0v) is 16.7. The van der Waals surface area contributed by atoms with Crippen molar-refractivity contribution in [3.8, 4) is 11.6 Å². The quantitative estimate of drug-likeness (QED) is 0.751. The summed E-state index contributed by atoms with van der Waals surface area (Å²) in [6.45, 7) is 5.21. The van der Waals surface area contributed by atoms with E-state index in [1.165, 1.54) is 12.8 Å². The highest BCUT2D eigenvalue weighted by molar-refractivity contribution is 6.33. The minimum atomic E-state index is 0.273. The van der Waals surface area contributed by atoms with E-state index in [4.69, 9.17) is 26.8 Å². The molecule has 1 unspecified atom stereocenters. The van der Waals surface area contributed by atoms with E-state index in [0.29, 0.717) is 29.5 Å². The van der Waals surface area contributed by atoms with Crippen LogP contribution in [0.15, 0.2) is 24.4 Å². The van der Waals surface area contributed by atoms with Gasteiger partial charge in [0.05, 0.1) is 18.7 Å². The van der Waals surface area contributed by atoms with Crippen molar-refractivity contribution in [2.24, 2.45) is 17.1 Å². The Bertz CT molecular complexity index is 757. The number of pyridine rings is 1. The van der Waals surface area contributed by atoms with E-state index >= 15 is 0 Å². The first kappa shape index (κ1) is 19.2. The lowest BCUT2D eigenvalue weighted by Gasteiger charge is -2.41. The molecular weight excluding hydrogens is 348 g/mol. The van der Waals surface area contributed by atoms with Crippen LogP contribution < -0.4 is 15.2 Å². The van der Waals surface area contributed by atoms with Gasteiger partial charge in [0, 0.05) is 17.6 Å². The average molecular weight is 377 g/mol. The standard InChI is InChI=1S/C21H29ClN2O2/c1-4-19(23)21(2)8-5-14(6-9-21)13-26-18-11-15-7-10-24-20(25-3)16(15)12-17(18)22/h7,10-12,14,19H,4-6,8-9,13,23H2,1-3H3. The van der Waals surface area contributed by atoms with Gasteiger partial charge in [-0.3, -0.25) is 0 Å². The smallest absolute Gasteiger partial charge is 0.221 e. The lowest BCUT2D eigenvalue weighted by Crippen LogP contribution is -2.42. The summed E-state index contributed by atoms with van der Waals surface area (Å²) in [6, 6.07) is 6.08. The zero-order valence-electron chi connectivity index (χ0n) is 15.9. The summed E-state index contributed by atoms with van der Waals surface area (Å²) in [5.41, 5.74) is 6.60. The molecule has 1 aromatic carbocycles. The van der Waals surface area contributed by atoms with Crippen molar-refractivity contribution >= 4 is 22.4 Å². The number of benzene rings is 1. The van der Waals surface area contributed by atoms with Gasteiger partial charge in [-0.1, -0.05) is 25.4 Å². The number of methoxy groups -OCH3 is 1. The summed E-state index contributed by atoms with van der Waals surface area (Å²) < 4.78 is 11.4. The molecule has 2 aromatic rings. The third kappa shape index (κ3) is 3.91. The summed E-state index contributed by atoms with van der Waals surface area (Å²) >= 11 is 6.43. The predicted molar refractivity (Wildman–Crippen MR) is 107 cm³/mol. The van der Waals surface area contributed by atoms with Gasteiger partial charge in [-0.25, -0.2) is 4.98 Å². The molecule has 1 atom stereocenters. The van der Waals surface area contributed by atoms with E-state index in [9.17, 15) is 0 Å². The highest BCUT2D eigenvalue weighted by atomic mass is 35.5. The molecular formula is C21H29ClN2O2. The van der Waals surface area contributed by atoms with Crippen LogP contribution in [0.25, 0.3) is 10.8 Å². The Morgan fingerprint density at radius 1 is 1.35 bits per heavy atom. The Morgan fingerprint density at radius 3 is 2.73 bits per heavy atom. The van der Waals surface area contributed by atoms with Gasteiger partial charge < -0.3 is 15.2 Å². The van der Waals surface area contributed by atoms with Crippen LogP contribution in [0.1, 0.15) is 46.0 Å². The maximum atomic E-state index is 6.43. The van der Waals surface area contributed by atoms with Crippen molar-refractivity contribution in [3.63, 3.8) is 0 Å². The first-order chi connectivity index (χ1) is 12.5. The number of fused-ring (bicyclic) bond motifs is 1. The van der Waals surface area contributed by atoms with Crippen molar-refractivity contribution in [1.82, 2.24) is 4.98 Å². The normalized spacial score (nSPS) is 24.4. The molecule has 0 aliphatic heterocycles. The first-order valence-corrected chi connectivity index (χ1v) is 9.85. The summed E-state index contributed by atoms with van der Waals surface area (Å²) in [5.74, 6) is 1.87. The monoisotopic (exact) mass is 376 g/mol. The second-order valence-corrected chi connectivity index (χ2v) is 8.15. The van der Waals surface area contributed by atoms with Crippen LogP contribution in [-0.2, 0) is 0 Å². The van der Waals surface area contributed by atoms with Crippen molar-refractivity contribution in [3.05, 3.63) is 29.4 Å². The van der Waals surface area contributed by atoms with Crippen LogP contribution in [0.3, 0.4) is 0 Å². The van der Waals surface area contributed by atoms with E-state index in [0.717, 1.165) is 35.8 Å². The molecule has 1 saturated carbocycles. The van der Waals surface area contributed by atoms with Crippen molar-refractivity contribution in [1.29, 1.82) is 0 Å². The Morgan fingerprint density at radius 2 is 2.08 bits per heavy atom. The molecule has 1 aliphatic carbocycles. The molecule has 1 fully saturated rings. The molecule has 2 N–H and O–H groups in total. The third-order valence-electron chi connectivity index (χ3n) is 6.03. The molecule has 142 valence electrons. The number of aromatic nitrogens is 1. The maximum absolute atomic E-state index is 6.43. The number of hydrogen-bond donors (Lipinski definition) is 1. The SMILES string of the molecule is CCC(N)C1(C)CCC(COc2cc3ccnc(OC)c3cc2Cl)CC1. The van der Waals surface area contributed by atoms with E-state index < -0.39 is 0 Å². The molecule has 26 heavy (non-hydrogen) atoms. The van der Waals surface area contributed by atoms with Gasteiger partial charge in [0.25, 0.3) is 0 Å². The van der Waals surface area contributed by atoms with Crippen LogP contribution in [0.5, 0.6) is 11.6 Å². The van der Waals surface area contributed by atoms with E-state index in [2.05, 4.69) is 18.8 Å². The molecule has 1 aromatic heterocycles. The number of rotatable bonds is 6. The van der Waals surface area contributed by atoms with E-state index in [1.54, 1.807) is 13.3 Å². The van der Waals surface area contributed by atoms with Crippen molar-refractivity contribution in [2.45, 2.75) is 52.0 Å². The summed E-state index contributed by atoms with van der Waals surface area (Å²) in [6.07, 6.45) is 7.44. The predicted octanol–water partition coefficient (Wildman–Crippen LogP) is 5.21. The van der Waals surface area contributed by atoms with E-state index in [-0.39, 0.29) is 5.41 Å². The molecule has 0 spiro atoms. The largest absolute Gasteiger partial charge is 0.492 e. The number of ether oxygens (including phenoxy) is 2. The first-order valence-electron chi connectivity index (χ1n) is 9.47. The van der Waals surface area contributed by atoms with Crippen molar-refractivity contribution < 1.29 is 9.47 Å². The number of hydrogen-bond acceptors (Lipinski definition) is 4. The Hall–Kier alpha value is -1.52. The lowest BCUT2D eigenvalue weighted by atomic mass is 9.67. The van der Waals surface area contributed by atoms with Crippen LogP contribution in [0.4, 0.5) is 0 Å². The lowest BCUT2D eigenvalue weighted by molar-refractivity contribution is 0.105. The molecule has 0 amide bonds. The number of nitrogens with two attached hydrogens (primary N) is 1. The number of halogens is 1. The molecule has 3 rings (SSSR count). The summed E-state index contributed by atoms with van der Waals surface area (Å²) in [4.78, 5) is 4.22. The second-order valence-electron chi connectivity index (χ2n) is 7.75. The Balaban J connectivity index is 1.65. The summed E-state index contributed by atoms with van der Waals surface area (Å²) in [7, 11) is 1.61. The zero-order chi connectivity index (χ0) is 18.7. The van der Waals surface area contributed by atoms with Gasteiger partial charge in [0.1, 0.15) is 5.75 Å². The van der Waals surface area contributed by atoms with Gasteiger partial charge in [0.15, 0.2) is 0 Å². The summed E-state index contributed by atoms with van der Waals surface area (Å²) in [5, 5.41) is 2.51. The van der Waals surface area contributed by atoms with Crippen molar-refractivity contribution in [2.75, 3.05) is 13.7 Å². The highest BCUT2D eigenvalue weighted by Crippen LogP contribution is 2.42. The molecule has 5 heteroatoms.